The lowest BCUT2D eigenvalue weighted by Gasteiger charge is -2.09. The van der Waals surface area contributed by atoms with E-state index in [-0.39, 0.29) is 33.3 Å². The van der Waals surface area contributed by atoms with Gasteiger partial charge in [0.25, 0.3) is 10.0 Å². The van der Waals surface area contributed by atoms with Crippen molar-refractivity contribution in [1.29, 1.82) is 0 Å². The van der Waals surface area contributed by atoms with Crippen LogP contribution in [0.3, 0.4) is 0 Å². The fraction of sp³-hybridized carbons (Fsp3) is 0. The van der Waals surface area contributed by atoms with Crippen LogP contribution in [0.4, 0.5) is 15.9 Å². The van der Waals surface area contributed by atoms with Crippen LogP contribution in [0.15, 0.2) is 66.0 Å². The lowest BCUT2D eigenvalue weighted by atomic mass is 10.0. The number of hydrogen-bond acceptors (Lipinski definition) is 6. The van der Waals surface area contributed by atoms with Gasteiger partial charge in [0.05, 0.1) is 15.8 Å². The van der Waals surface area contributed by atoms with Crippen molar-refractivity contribution in [1.82, 2.24) is 15.0 Å². The summed E-state index contributed by atoms with van der Waals surface area (Å²) in [6.45, 7) is 0. The molecular formula is C19H14FN5O3S. The van der Waals surface area contributed by atoms with Crippen molar-refractivity contribution in [3.05, 3.63) is 78.0 Å². The highest BCUT2D eigenvalue weighted by Gasteiger charge is 2.19. The molecular weight excluding hydrogens is 397 g/mol. The summed E-state index contributed by atoms with van der Waals surface area (Å²) >= 11 is 0. The van der Waals surface area contributed by atoms with Crippen LogP contribution in [0.1, 0.15) is 15.9 Å². The van der Waals surface area contributed by atoms with E-state index >= 15 is 0 Å². The van der Waals surface area contributed by atoms with Crippen molar-refractivity contribution in [3.8, 4) is 0 Å². The number of anilines is 2. The van der Waals surface area contributed by atoms with Crippen LogP contribution in [0.2, 0.25) is 0 Å². The monoisotopic (exact) mass is 411 g/mol. The Kier molecular flexibility index (Phi) is 4.47. The number of hydrogen-bond donors (Lipinski definition) is 3. The fourth-order valence-electron chi connectivity index (χ4n) is 2.87. The van der Waals surface area contributed by atoms with Gasteiger partial charge in [-0.05, 0) is 36.4 Å². The van der Waals surface area contributed by atoms with Crippen LogP contribution in [-0.2, 0) is 10.0 Å². The maximum Gasteiger partial charge on any atom is 0.261 e. The molecule has 0 fully saturated rings. The molecule has 2 heterocycles. The van der Waals surface area contributed by atoms with Gasteiger partial charge in [0.2, 0.25) is 0 Å². The molecule has 146 valence electrons. The molecule has 0 spiro atoms. The minimum absolute atomic E-state index is 0.0998. The van der Waals surface area contributed by atoms with Crippen LogP contribution in [0, 0.1) is 5.82 Å². The van der Waals surface area contributed by atoms with Crippen molar-refractivity contribution >= 4 is 38.3 Å². The summed E-state index contributed by atoms with van der Waals surface area (Å²) in [7, 11) is -3.94. The highest BCUT2D eigenvalue weighted by Crippen LogP contribution is 2.25. The van der Waals surface area contributed by atoms with Crippen molar-refractivity contribution in [2.75, 3.05) is 10.5 Å². The fourth-order valence-corrected chi connectivity index (χ4v) is 3.92. The van der Waals surface area contributed by atoms with Gasteiger partial charge in [-0.3, -0.25) is 9.52 Å². The molecule has 2 aromatic heterocycles. The number of nitrogens with zero attached hydrogens (tertiary/aromatic N) is 2. The second kappa shape index (κ2) is 6.99. The first-order valence-corrected chi connectivity index (χ1v) is 9.84. The molecule has 0 aliphatic carbocycles. The molecule has 4 rings (SSSR count). The molecule has 0 aliphatic heterocycles. The Bertz CT molecular complexity index is 1330. The third kappa shape index (κ3) is 3.52. The quantitative estimate of drug-likeness (QED) is 0.433. The van der Waals surface area contributed by atoms with E-state index in [9.17, 15) is 17.6 Å². The highest BCUT2D eigenvalue weighted by atomic mass is 32.2. The number of benzene rings is 2. The summed E-state index contributed by atoms with van der Waals surface area (Å²) in [6, 6.07) is 10.4. The summed E-state index contributed by atoms with van der Waals surface area (Å²) in [5.41, 5.74) is 6.99. The van der Waals surface area contributed by atoms with Gasteiger partial charge in [-0.1, -0.05) is 12.1 Å². The molecule has 0 unspecified atom stereocenters. The van der Waals surface area contributed by atoms with Crippen LogP contribution >= 0.6 is 0 Å². The van der Waals surface area contributed by atoms with E-state index in [4.69, 9.17) is 5.73 Å². The van der Waals surface area contributed by atoms with Gasteiger partial charge < -0.3 is 10.7 Å². The summed E-state index contributed by atoms with van der Waals surface area (Å²) in [5, 5.41) is 0.398. The van der Waals surface area contributed by atoms with Gasteiger partial charge in [-0.15, -0.1) is 0 Å². The average molecular weight is 411 g/mol. The minimum atomic E-state index is -3.94. The number of carbonyl (C=O) groups is 1. The minimum Gasteiger partial charge on any atom is -0.383 e. The number of ketones is 1. The Morgan fingerprint density at radius 1 is 1.10 bits per heavy atom. The van der Waals surface area contributed by atoms with E-state index in [2.05, 4.69) is 19.7 Å². The van der Waals surface area contributed by atoms with E-state index < -0.39 is 15.8 Å². The van der Waals surface area contributed by atoms with Gasteiger partial charge in [0.1, 0.15) is 23.6 Å². The lowest BCUT2D eigenvalue weighted by molar-refractivity contribution is 0.104. The molecule has 0 saturated heterocycles. The van der Waals surface area contributed by atoms with Crippen molar-refractivity contribution in [3.63, 3.8) is 0 Å². The number of H-pyrrole nitrogens is 1. The van der Waals surface area contributed by atoms with Gasteiger partial charge in [0.15, 0.2) is 5.78 Å². The largest absolute Gasteiger partial charge is 0.383 e. The Balaban J connectivity index is 1.66. The summed E-state index contributed by atoms with van der Waals surface area (Å²) < 4.78 is 40.4. The second-order valence-electron chi connectivity index (χ2n) is 6.15. The topological polar surface area (TPSA) is 131 Å². The molecule has 0 aliphatic rings. The van der Waals surface area contributed by atoms with Gasteiger partial charge in [0, 0.05) is 17.4 Å². The number of halogens is 1. The number of nitrogen functional groups attached to an aromatic ring is 1. The zero-order chi connectivity index (χ0) is 20.6. The van der Waals surface area contributed by atoms with E-state index in [0.29, 0.717) is 11.0 Å². The van der Waals surface area contributed by atoms with Crippen molar-refractivity contribution < 1.29 is 17.6 Å². The first-order chi connectivity index (χ1) is 13.8. The smallest absolute Gasteiger partial charge is 0.261 e. The first kappa shape index (κ1) is 18.6. The van der Waals surface area contributed by atoms with E-state index in [1.165, 1.54) is 24.7 Å². The third-order valence-corrected chi connectivity index (χ3v) is 5.64. The first-order valence-electron chi connectivity index (χ1n) is 8.36. The van der Waals surface area contributed by atoms with Crippen LogP contribution in [-0.4, -0.2) is 29.2 Å². The Hall–Kier alpha value is -3.79. The molecule has 2 aromatic carbocycles. The molecule has 29 heavy (non-hydrogen) atoms. The van der Waals surface area contributed by atoms with Crippen molar-refractivity contribution in [2.24, 2.45) is 0 Å². The number of aromatic amines is 1. The zero-order valence-corrected chi connectivity index (χ0v) is 15.6. The molecule has 8 nitrogen and oxygen atoms in total. The number of fused-ring (bicyclic) bond motifs is 1. The molecule has 0 amide bonds. The van der Waals surface area contributed by atoms with Gasteiger partial charge in [-0.25, -0.2) is 22.8 Å². The Morgan fingerprint density at radius 2 is 1.86 bits per heavy atom. The van der Waals surface area contributed by atoms with E-state index in [0.717, 1.165) is 24.3 Å². The lowest BCUT2D eigenvalue weighted by Crippen LogP contribution is -2.13. The number of nitrogens with one attached hydrogen (secondary N) is 2. The number of sulfonamides is 1. The molecule has 0 atom stereocenters. The molecule has 10 heteroatoms. The van der Waals surface area contributed by atoms with Crippen LogP contribution in [0.5, 0.6) is 0 Å². The number of carbonyl (C=O) groups excluding carboxylic acids is 1. The standard InChI is InChI=1S/C19H14FN5O3S/c20-12-4-6-14(7-5-12)29(27,28)25-13-3-1-2-11(8-13)17(26)15-9-22-19-16(15)18(21)23-10-24-19/h1-10,25H,(H3,21,22,23,24). The number of aromatic nitrogens is 3. The Labute approximate surface area is 164 Å². The second-order valence-corrected chi connectivity index (χ2v) is 7.84. The zero-order valence-electron chi connectivity index (χ0n) is 14.8. The normalized spacial score (nSPS) is 11.5. The van der Waals surface area contributed by atoms with Crippen LogP contribution in [0.25, 0.3) is 11.0 Å². The molecule has 0 saturated carbocycles. The van der Waals surface area contributed by atoms with Crippen LogP contribution < -0.4 is 10.5 Å². The predicted molar refractivity (Wildman–Crippen MR) is 105 cm³/mol. The summed E-state index contributed by atoms with van der Waals surface area (Å²) in [5.74, 6) is -0.758. The Morgan fingerprint density at radius 3 is 2.62 bits per heavy atom. The maximum atomic E-state index is 13.0. The number of nitrogens with two attached hydrogens (primary N) is 1. The molecule has 4 N–H and O–H groups in total. The van der Waals surface area contributed by atoms with E-state index in [1.54, 1.807) is 12.1 Å². The molecule has 4 aromatic rings. The van der Waals surface area contributed by atoms with E-state index in [1.807, 2.05) is 0 Å². The van der Waals surface area contributed by atoms with Gasteiger partial charge in [-0.2, -0.15) is 0 Å². The van der Waals surface area contributed by atoms with Crippen molar-refractivity contribution in [2.45, 2.75) is 4.90 Å². The average Bonchev–Trinajstić information content (AvgIpc) is 3.13. The molecule has 0 bridgehead atoms. The summed E-state index contributed by atoms with van der Waals surface area (Å²) in [4.78, 5) is 23.6. The number of rotatable bonds is 5. The molecule has 0 radical (unpaired) electrons. The highest BCUT2D eigenvalue weighted by molar-refractivity contribution is 7.92. The SMILES string of the molecule is Nc1ncnc2[nH]cc(C(=O)c3cccc(NS(=O)(=O)c4ccc(F)cc4)c3)c12. The summed E-state index contributed by atoms with van der Waals surface area (Å²) in [6.07, 6.45) is 2.76. The third-order valence-electron chi connectivity index (χ3n) is 4.24. The van der Waals surface area contributed by atoms with Gasteiger partial charge >= 0.3 is 0 Å². The maximum absolute atomic E-state index is 13.0. The predicted octanol–water partition coefficient (Wildman–Crippen LogP) is 2.71.